The summed E-state index contributed by atoms with van der Waals surface area (Å²) in [6, 6.07) is 6.89. The molecule has 0 aliphatic heterocycles. The topological polar surface area (TPSA) is 55.2 Å². The van der Waals surface area contributed by atoms with Crippen molar-refractivity contribution in [3.05, 3.63) is 88.8 Å². The predicted molar refractivity (Wildman–Crippen MR) is 88.7 cm³/mol. The third-order valence-electron chi connectivity index (χ3n) is 2.71. The zero-order valence-electron chi connectivity index (χ0n) is 12.2. The number of hydrogen-bond acceptors (Lipinski definition) is 3. The number of hydrogen-bond donors (Lipinski definition) is 1. The Hall–Kier alpha value is -3.01. The van der Waals surface area contributed by atoms with Gasteiger partial charge in [-0.15, -0.1) is 0 Å². The second-order valence-electron chi connectivity index (χ2n) is 4.33. The Morgan fingerprint density at radius 2 is 1.77 bits per heavy atom. The van der Waals surface area contributed by atoms with Gasteiger partial charge < -0.3 is 14.1 Å². The molecule has 0 unspecified atom stereocenters. The normalized spacial score (nSPS) is 12.2. The van der Waals surface area contributed by atoms with Crippen molar-refractivity contribution in [2.45, 2.75) is 0 Å². The first-order valence-electron chi connectivity index (χ1n) is 6.78. The lowest BCUT2D eigenvalue weighted by molar-refractivity contribution is 0.400. The molecule has 0 bridgehead atoms. The van der Waals surface area contributed by atoms with E-state index in [4.69, 9.17) is 9.15 Å². The summed E-state index contributed by atoms with van der Waals surface area (Å²) in [5.41, 5.74) is 0.624. The van der Waals surface area contributed by atoms with Gasteiger partial charge in [0.1, 0.15) is 11.5 Å². The average Bonchev–Trinajstić information content (AvgIpc) is 3.02. The zero-order chi connectivity index (χ0) is 15.6. The van der Waals surface area contributed by atoms with Gasteiger partial charge in [0.15, 0.2) is 0 Å². The first-order chi connectivity index (χ1) is 10.8. The Bertz CT molecular complexity index is 747. The van der Waals surface area contributed by atoms with E-state index in [2.05, 4.69) is 4.98 Å². The van der Waals surface area contributed by atoms with E-state index < -0.39 is 5.63 Å². The zero-order valence-corrected chi connectivity index (χ0v) is 12.2. The second kappa shape index (κ2) is 8.32. The molecule has 2 aromatic rings. The number of nitrogens with one attached hydrogen (secondary N) is 1. The molecule has 0 saturated carbocycles. The number of methoxy groups -OCH3 is 1. The minimum absolute atomic E-state index is 0.433. The van der Waals surface area contributed by atoms with Crippen molar-refractivity contribution in [3.63, 3.8) is 0 Å². The van der Waals surface area contributed by atoms with Crippen LogP contribution in [-0.4, -0.2) is 12.1 Å². The van der Waals surface area contributed by atoms with E-state index in [9.17, 15) is 4.79 Å². The van der Waals surface area contributed by atoms with Crippen LogP contribution in [0.5, 0.6) is 5.75 Å². The molecule has 0 atom stereocenters. The highest BCUT2D eigenvalue weighted by Gasteiger charge is 1.97. The van der Waals surface area contributed by atoms with E-state index in [1.54, 1.807) is 18.2 Å². The molecule has 0 fully saturated rings. The first-order valence-corrected chi connectivity index (χ1v) is 6.78. The van der Waals surface area contributed by atoms with Gasteiger partial charge in [-0.05, 0) is 24.3 Å². The number of aromatic amines is 1. The van der Waals surface area contributed by atoms with Gasteiger partial charge in [-0.2, -0.15) is 0 Å². The van der Waals surface area contributed by atoms with Gasteiger partial charge in [0.25, 0.3) is 0 Å². The van der Waals surface area contributed by atoms with Crippen molar-refractivity contribution in [1.29, 1.82) is 0 Å². The van der Waals surface area contributed by atoms with Gasteiger partial charge in [-0.1, -0.05) is 36.5 Å². The molecule has 4 heteroatoms. The Kier molecular flexibility index (Phi) is 5.81. The highest BCUT2D eigenvalue weighted by atomic mass is 16.5. The molecule has 0 saturated heterocycles. The summed E-state index contributed by atoms with van der Waals surface area (Å²) in [4.78, 5) is 14.3. The molecule has 0 spiro atoms. The monoisotopic (exact) mass is 295 g/mol. The first kappa shape index (κ1) is 15.4. The van der Waals surface area contributed by atoms with Crippen LogP contribution < -0.4 is 10.4 Å². The van der Waals surface area contributed by atoms with E-state index in [0.717, 1.165) is 5.69 Å². The van der Waals surface area contributed by atoms with Crippen LogP contribution in [0.1, 0.15) is 11.5 Å². The summed E-state index contributed by atoms with van der Waals surface area (Å²) < 4.78 is 10.0. The van der Waals surface area contributed by atoms with Gasteiger partial charge in [-0.3, -0.25) is 0 Å². The van der Waals surface area contributed by atoms with Gasteiger partial charge in [-0.25, -0.2) is 4.79 Å². The Morgan fingerprint density at radius 1 is 1.05 bits per heavy atom. The lowest BCUT2D eigenvalue weighted by Crippen LogP contribution is -1.98. The van der Waals surface area contributed by atoms with Gasteiger partial charge in [0, 0.05) is 18.0 Å². The van der Waals surface area contributed by atoms with E-state index in [1.807, 2.05) is 54.8 Å². The maximum Gasteiger partial charge on any atom is 0.339 e. The number of H-pyrrole nitrogens is 1. The van der Waals surface area contributed by atoms with Crippen LogP contribution in [0.15, 0.2) is 76.1 Å². The number of aromatic nitrogens is 1. The van der Waals surface area contributed by atoms with Crippen LogP contribution in [0.3, 0.4) is 0 Å². The Labute approximate surface area is 128 Å². The molecule has 0 aliphatic rings. The highest BCUT2D eigenvalue weighted by Crippen LogP contribution is 2.10. The minimum atomic E-state index is -0.433. The van der Waals surface area contributed by atoms with Gasteiger partial charge >= 0.3 is 5.63 Å². The molecule has 22 heavy (non-hydrogen) atoms. The number of rotatable bonds is 6. The molecular weight excluding hydrogens is 278 g/mol. The fraction of sp³-hybridized carbons (Fsp3) is 0.0556. The standard InChI is InChI=1S/C18H17NO3/c1-21-17-13-16(22-18(20)14-17)11-7-5-3-2-4-6-9-15-10-8-12-19-15/h2-14,19H,1H3/b4-2+,5-3+,9-6+,11-7+. The lowest BCUT2D eigenvalue weighted by Gasteiger charge is -1.97. The van der Waals surface area contributed by atoms with Crippen molar-refractivity contribution < 1.29 is 9.15 Å². The molecule has 2 rings (SSSR count). The van der Waals surface area contributed by atoms with Crippen LogP contribution in [0, 0.1) is 0 Å². The molecular formula is C18H17NO3. The quantitative estimate of drug-likeness (QED) is 0.824. The van der Waals surface area contributed by atoms with Crippen LogP contribution in [-0.2, 0) is 0 Å². The molecule has 0 radical (unpaired) electrons. The van der Waals surface area contributed by atoms with E-state index in [1.165, 1.54) is 13.2 Å². The minimum Gasteiger partial charge on any atom is -0.496 e. The molecule has 1 N–H and O–H groups in total. The summed E-state index contributed by atoms with van der Waals surface area (Å²) in [6.07, 6.45) is 16.9. The van der Waals surface area contributed by atoms with Crippen molar-refractivity contribution in [1.82, 2.24) is 4.98 Å². The van der Waals surface area contributed by atoms with Crippen LogP contribution in [0.4, 0.5) is 0 Å². The summed E-state index contributed by atoms with van der Waals surface area (Å²) in [6.45, 7) is 0. The van der Waals surface area contributed by atoms with Crippen molar-refractivity contribution in [2.24, 2.45) is 0 Å². The number of ether oxygens (including phenoxy) is 1. The Morgan fingerprint density at radius 3 is 2.45 bits per heavy atom. The highest BCUT2D eigenvalue weighted by molar-refractivity contribution is 5.48. The SMILES string of the molecule is COc1cc(/C=C/C=C/C=C/C=C/c2ccc[nH]2)oc(=O)c1. The second-order valence-corrected chi connectivity index (χ2v) is 4.33. The fourth-order valence-electron chi connectivity index (χ4n) is 1.69. The van der Waals surface area contributed by atoms with Gasteiger partial charge in [0.2, 0.25) is 0 Å². The summed E-state index contributed by atoms with van der Waals surface area (Å²) in [5.74, 6) is 0.929. The maximum atomic E-state index is 11.3. The van der Waals surface area contributed by atoms with E-state index >= 15 is 0 Å². The third kappa shape index (κ3) is 5.17. The molecule has 2 aromatic heterocycles. The lowest BCUT2D eigenvalue weighted by atomic mass is 10.3. The smallest absolute Gasteiger partial charge is 0.339 e. The molecule has 0 aromatic carbocycles. The summed E-state index contributed by atoms with van der Waals surface area (Å²) in [7, 11) is 1.51. The molecule has 0 aliphatic carbocycles. The van der Waals surface area contributed by atoms with Crippen LogP contribution in [0.2, 0.25) is 0 Å². The third-order valence-corrected chi connectivity index (χ3v) is 2.71. The van der Waals surface area contributed by atoms with Crippen molar-refractivity contribution in [3.8, 4) is 5.75 Å². The van der Waals surface area contributed by atoms with E-state index in [-0.39, 0.29) is 0 Å². The van der Waals surface area contributed by atoms with Crippen molar-refractivity contribution >= 4 is 12.2 Å². The predicted octanol–water partition coefficient (Wildman–Crippen LogP) is 3.82. The largest absolute Gasteiger partial charge is 0.496 e. The molecule has 0 amide bonds. The molecule has 2 heterocycles. The van der Waals surface area contributed by atoms with E-state index in [0.29, 0.717) is 11.5 Å². The Balaban J connectivity index is 1.86. The van der Waals surface area contributed by atoms with Gasteiger partial charge in [0.05, 0.1) is 13.2 Å². The number of allylic oxidation sites excluding steroid dienone is 6. The maximum absolute atomic E-state index is 11.3. The van der Waals surface area contributed by atoms with Crippen molar-refractivity contribution in [2.75, 3.05) is 7.11 Å². The molecule has 112 valence electrons. The fourth-order valence-corrected chi connectivity index (χ4v) is 1.69. The molecule has 4 nitrogen and oxygen atoms in total. The summed E-state index contributed by atoms with van der Waals surface area (Å²) >= 11 is 0. The summed E-state index contributed by atoms with van der Waals surface area (Å²) in [5, 5.41) is 0. The van der Waals surface area contributed by atoms with Crippen LogP contribution in [0.25, 0.3) is 12.2 Å². The van der Waals surface area contributed by atoms with Crippen LogP contribution >= 0.6 is 0 Å². The average molecular weight is 295 g/mol.